The molecule has 0 saturated heterocycles. The number of alkyl halides is 3. The second-order valence-corrected chi connectivity index (χ2v) is 6.20. The van der Waals surface area contributed by atoms with Crippen LogP contribution in [0, 0.1) is 11.3 Å². The maximum Gasteiger partial charge on any atom is 0.433 e. The van der Waals surface area contributed by atoms with E-state index in [4.69, 9.17) is 5.26 Å². The molecule has 1 N–H and O–H groups in total. The Balaban J connectivity index is 1.73. The van der Waals surface area contributed by atoms with Crippen LogP contribution in [0.2, 0.25) is 0 Å². The van der Waals surface area contributed by atoms with Gasteiger partial charge in [0.25, 0.3) is 5.91 Å². The van der Waals surface area contributed by atoms with E-state index in [-0.39, 0.29) is 11.4 Å². The van der Waals surface area contributed by atoms with Gasteiger partial charge in [-0.2, -0.15) is 18.4 Å². The number of nitriles is 1. The van der Waals surface area contributed by atoms with Crippen molar-refractivity contribution in [3.05, 3.63) is 77.7 Å². The number of hydrogen-bond donors (Lipinski definition) is 1. The van der Waals surface area contributed by atoms with Gasteiger partial charge in [0.2, 0.25) is 0 Å². The van der Waals surface area contributed by atoms with Crippen molar-refractivity contribution >= 4 is 17.2 Å². The number of nitrogens with zero attached hydrogens (tertiary/aromatic N) is 5. The number of anilines is 1. The van der Waals surface area contributed by atoms with Crippen LogP contribution in [0.25, 0.3) is 17.0 Å². The molecule has 148 valence electrons. The molecule has 1 amide bonds. The van der Waals surface area contributed by atoms with Gasteiger partial charge in [0, 0.05) is 17.4 Å². The highest BCUT2D eigenvalue weighted by molar-refractivity contribution is 6.03. The van der Waals surface area contributed by atoms with Crippen molar-refractivity contribution < 1.29 is 18.0 Å². The van der Waals surface area contributed by atoms with Crippen LogP contribution in [-0.4, -0.2) is 25.5 Å². The first kappa shape index (κ1) is 19.1. The number of halogens is 3. The highest BCUT2D eigenvalue weighted by atomic mass is 19.4. The number of rotatable bonds is 3. The summed E-state index contributed by atoms with van der Waals surface area (Å²) in [5, 5.41) is 19.6. The van der Waals surface area contributed by atoms with Gasteiger partial charge in [-0.15, -0.1) is 10.2 Å². The molecule has 0 aliphatic heterocycles. The number of aromatic nitrogens is 4. The first-order valence-electron chi connectivity index (χ1n) is 8.56. The summed E-state index contributed by atoms with van der Waals surface area (Å²) in [4.78, 5) is 16.1. The van der Waals surface area contributed by atoms with Gasteiger partial charge in [-0.05, 0) is 48.5 Å². The van der Waals surface area contributed by atoms with Crippen molar-refractivity contribution in [2.75, 3.05) is 5.32 Å². The summed E-state index contributed by atoms with van der Waals surface area (Å²) in [6.45, 7) is 0. The van der Waals surface area contributed by atoms with Crippen LogP contribution in [0.1, 0.15) is 21.7 Å². The molecule has 0 saturated carbocycles. The normalized spacial score (nSPS) is 11.3. The highest BCUT2D eigenvalue weighted by Crippen LogP contribution is 2.29. The summed E-state index contributed by atoms with van der Waals surface area (Å²) in [5.74, 6) is -0.291. The molecule has 0 unspecified atom stereocenters. The standard InChI is InChI=1S/C20H11F3N6O/c21-20(22,23)16-10-14(8-9-25-16)26-19(30)15-2-1-3-17-27-28-18(29(15)17)13-6-4-12(11-24)5-7-13/h1-10H,(H,25,26,30). The molecule has 3 heterocycles. The van der Waals surface area contributed by atoms with Crippen molar-refractivity contribution in [2.24, 2.45) is 0 Å². The molecule has 3 aromatic heterocycles. The van der Waals surface area contributed by atoms with Crippen LogP contribution < -0.4 is 5.32 Å². The molecule has 30 heavy (non-hydrogen) atoms. The van der Waals surface area contributed by atoms with E-state index in [9.17, 15) is 18.0 Å². The Hall–Kier alpha value is -4.26. The first-order valence-corrected chi connectivity index (χ1v) is 8.56. The van der Waals surface area contributed by atoms with Gasteiger partial charge < -0.3 is 5.32 Å². The van der Waals surface area contributed by atoms with Crippen LogP contribution in [0.15, 0.2) is 60.8 Å². The summed E-state index contributed by atoms with van der Waals surface area (Å²) in [6.07, 6.45) is -3.66. The molecule has 1 aromatic carbocycles. The second kappa shape index (κ2) is 7.29. The monoisotopic (exact) mass is 408 g/mol. The molecular formula is C20H11F3N6O. The average molecular weight is 408 g/mol. The van der Waals surface area contributed by atoms with Crippen LogP contribution >= 0.6 is 0 Å². The number of fused-ring (bicyclic) bond motifs is 1. The quantitative estimate of drug-likeness (QED) is 0.554. The molecule has 0 atom stereocenters. The Morgan fingerprint density at radius 3 is 2.53 bits per heavy atom. The Labute approximate surface area is 167 Å². The minimum atomic E-state index is -4.63. The van der Waals surface area contributed by atoms with Crippen LogP contribution in [0.4, 0.5) is 18.9 Å². The average Bonchev–Trinajstić information content (AvgIpc) is 3.17. The lowest BCUT2D eigenvalue weighted by molar-refractivity contribution is -0.141. The van der Waals surface area contributed by atoms with Gasteiger partial charge in [0.15, 0.2) is 11.5 Å². The number of hydrogen-bond acceptors (Lipinski definition) is 5. The van der Waals surface area contributed by atoms with Gasteiger partial charge in [-0.1, -0.05) is 6.07 Å². The fourth-order valence-electron chi connectivity index (χ4n) is 2.86. The molecule has 0 aliphatic carbocycles. The van der Waals surface area contributed by atoms with Crippen molar-refractivity contribution in [2.45, 2.75) is 6.18 Å². The summed E-state index contributed by atoms with van der Waals surface area (Å²) < 4.78 is 40.1. The Morgan fingerprint density at radius 1 is 1.07 bits per heavy atom. The Morgan fingerprint density at radius 2 is 1.83 bits per heavy atom. The van der Waals surface area contributed by atoms with Crippen molar-refractivity contribution in [1.82, 2.24) is 19.6 Å². The lowest BCUT2D eigenvalue weighted by atomic mass is 10.1. The topological polar surface area (TPSA) is 96.0 Å². The summed E-state index contributed by atoms with van der Waals surface area (Å²) in [6, 6.07) is 15.3. The molecule has 7 nitrogen and oxygen atoms in total. The predicted octanol–water partition coefficient (Wildman–Crippen LogP) is 3.93. The van der Waals surface area contributed by atoms with Gasteiger partial charge in [0.05, 0.1) is 11.6 Å². The number of nitrogens with one attached hydrogen (secondary N) is 1. The van der Waals surface area contributed by atoms with E-state index in [1.165, 1.54) is 16.5 Å². The molecule has 4 rings (SSSR count). The fraction of sp³-hybridized carbons (Fsp3) is 0.0500. The SMILES string of the molecule is N#Cc1ccc(-c2nnc3cccc(C(=O)Nc4ccnc(C(F)(F)F)c4)n23)cc1. The number of benzene rings is 1. The van der Waals surface area contributed by atoms with E-state index in [0.29, 0.717) is 22.6 Å². The van der Waals surface area contributed by atoms with Crippen molar-refractivity contribution in [3.63, 3.8) is 0 Å². The summed E-state index contributed by atoms with van der Waals surface area (Å²) >= 11 is 0. The highest BCUT2D eigenvalue weighted by Gasteiger charge is 2.32. The number of carbonyl (C=O) groups excluding carboxylic acids is 1. The smallest absolute Gasteiger partial charge is 0.321 e. The molecule has 0 radical (unpaired) electrons. The van der Waals surface area contributed by atoms with Crippen LogP contribution in [-0.2, 0) is 6.18 Å². The van der Waals surface area contributed by atoms with E-state index in [0.717, 1.165) is 12.3 Å². The largest absolute Gasteiger partial charge is 0.433 e. The molecular weight excluding hydrogens is 397 g/mol. The van der Waals surface area contributed by atoms with Gasteiger partial charge in [-0.25, -0.2) is 0 Å². The number of pyridine rings is 2. The molecule has 0 bridgehead atoms. The lowest BCUT2D eigenvalue weighted by Gasteiger charge is -2.11. The maximum absolute atomic E-state index is 12.9. The Kier molecular flexibility index (Phi) is 4.63. The van der Waals surface area contributed by atoms with E-state index >= 15 is 0 Å². The predicted molar refractivity (Wildman–Crippen MR) is 100 cm³/mol. The molecule has 4 aromatic rings. The van der Waals surface area contributed by atoms with Gasteiger partial charge in [-0.3, -0.25) is 14.2 Å². The maximum atomic E-state index is 12.9. The third-order valence-corrected chi connectivity index (χ3v) is 4.24. The minimum absolute atomic E-state index is 0.0488. The molecule has 10 heteroatoms. The minimum Gasteiger partial charge on any atom is -0.321 e. The van der Waals surface area contributed by atoms with Gasteiger partial charge in [0.1, 0.15) is 11.4 Å². The lowest BCUT2D eigenvalue weighted by Crippen LogP contribution is -2.17. The first-order chi connectivity index (χ1) is 14.4. The molecule has 0 aliphatic rings. The van der Waals surface area contributed by atoms with Crippen LogP contribution in [0.3, 0.4) is 0 Å². The third-order valence-electron chi connectivity index (χ3n) is 4.24. The summed E-state index contributed by atoms with van der Waals surface area (Å²) in [5.41, 5.74) is 0.428. The third kappa shape index (κ3) is 3.56. The molecule has 0 fully saturated rings. The van der Waals surface area contributed by atoms with Crippen molar-refractivity contribution in [1.29, 1.82) is 5.26 Å². The molecule has 0 spiro atoms. The van der Waals surface area contributed by atoms with Crippen LogP contribution in [0.5, 0.6) is 0 Å². The number of amides is 1. The second-order valence-electron chi connectivity index (χ2n) is 6.20. The zero-order valence-corrected chi connectivity index (χ0v) is 15.1. The van der Waals surface area contributed by atoms with E-state index in [1.54, 1.807) is 36.4 Å². The summed E-state index contributed by atoms with van der Waals surface area (Å²) in [7, 11) is 0. The Bertz CT molecular complexity index is 1290. The fourth-order valence-corrected chi connectivity index (χ4v) is 2.86. The van der Waals surface area contributed by atoms with Crippen molar-refractivity contribution in [3.8, 4) is 17.5 Å². The van der Waals surface area contributed by atoms with Gasteiger partial charge >= 0.3 is 6.18 Å². The zero-order valence-electron chi connectivity index (χ0n) is 15.1. The number of carbonyl (C=O) groups is 1. The van der Waals surface area contributed by atoms with E-state index < -0.39 is 17.8 Å². The zero-order chi connectivity index (χ0) is 21.3. The van der Waals surface area contributed by atoms with E-state index in [1.807, 2.05) is 6.07 Å². The van der Waals surface area contributed by atoms with E-state index in [2.05, 4.69) is 20.5 Å².